The van der Waals surface area contributed by atoms with Gasteiger partial charge in [-0.1, -0.05) is 214 Å². The lowest BCUT2D eigenvalue weighted by Gasteiger charge is -2.52. The van der Waals surface area contributed by atoms with Crippen molar-refractivity contribution < 1.29 is 50.3 Å². The number of fused-ring (bicyclic) bond motifs is 9. The molecular weight excluding hydrogens is 1540 g/mol. The molecule has 5 atom stereocenters. The number of hydrogen-bond donors (Lipinski definition) is 5. The topological polar surface area (TPSA) is 207 Å². The van der Waals surface area contributed by atoms with Crippen LogP contribution >= 0.6 is 58.8 Å². The standard InChI is InChI=1S/2C20H26N2OS.C19H32N2OS.2C14H21F3N2OS/c2*1-14(2)16-17(23)21-18(24-16)22-20-11-8-19(9-12-20,10-13-20)15-6-4-3-5-7-15;1-4-5-6-7-18-8-11-19(12-9-18,13-10-18)21-17-20-16(22)15(23-17)14(2)3;2*1-3-8-13(2)11(20)19-12(21-13)18-10-6-4-9(5-7-10)14(15,16)17/h2*3-7,14,16H,8-13H2,1-2H3,(H,21,22,23);14-15H,4-13H2,1-3H3,(H,20,21,22);2*9-10H,3-8H2,1-2H3,(H,18,19,20)/t2*16-,19?,20?;15-,18?,19?;2*9?,10?,13-/m10110/s1. The highest BCUT2D eigenvalue weighted by Crippen LogP contribution is 2.59. The molecule has 5 N–H and O–H groups in total. The molecule has 11 saturated carbocycles. The van der Waals surface area contributed by atoms with E-state index >= 15 is 0 Å². The van der Waals surface area contributed by atoms with E-state index in [1.807, 2.05) is 27.7 Å². The third-order valence-corrected chi connectivity index (χ3v) is 34.1. The van der Waals surface area contributed by atoms with E-state index in [1.54, 1.807) is 35.3 Å². The lowest BCUT2D eigenvalue weighted by molar-refractivity contribution is -0.183. The number of unbranched alkanes of at least 4 members (excludes halogenated alkanes) is 2. The number of carbonyl (C=O) groups is 5. The van der Waals surface area contributed by atoms with Crippen molar-refractivity contribution in [2.24, 2.45) is 60.0 Å². The van der Waals surface area contributed by atoms with Crippen molar-refractivity contribution >= 4 is 114 Å². The normalized spacial score (nSPS) is 37.0. The van der Waals surface area contributed by atoms with Gasteiger partial charge in [0.2, 0.25) is 29.5 Å². The molecule has 26 heteroatoms. The first-order chi connectivity index (χ1) is 53.5. The van der Waals surface area contributed by atoms with E-state index in [2.05, 4.69) is 146 Å². The van der Waals surface area contributed by atoms with Crippen LogP contribution in [0.5, 0.6) is 0 Å². The minimum absolute atomic E-state index is 0.0238. The molecule has 5 saturated heterocycles. The fourth-order valence-corrected chi connectivity index (χ4v) is 25.4. The Morgan fingerprint density at radius 1 is 0.389 bits per heavy atom. The first kappa shape index (κ1) is 89.3. The number of rotatable bonds is 18. The van der Waals surface area contributed by atoms with E-state index < -0.39 is 33.7 Å². The number of amides is 5. The van der Waals surface area contributed by atoms with Gasteiger partial charge in [0.25, 0.3) is 0 Å². The maximum absolute atomic E-state index is 12.6. The van der Waals surface area contributed by atoms with Crippen LogP contribution in [0.4, 0.5) is 26.3 Å². The summed E-state index contributed by atoms with van der Waals surface area (Å²) in [7, 11) is 0. The first-order valence-corrected chi connectivity index (χ1v) is 46.9. The zero-order valence-corrected chi connectivity index (χ0v) is 72.8. The molecular formula is C87H126F6N10O5S5. The van der Waals surface area contributed by atoms with Gasteiger partial charge in [0.05, 0.1) is 65.8 Å². The highest BCUT2D eigenvalue weighted by Gasteiger charge is 2.54. The molecule has 16 fully saturated rings. The Balaban J connectivity index is 0.000000140. The van der Waals surface area contributed by atoms with Gasteiger partial charge in [-0.3, -0.25) is 48.9 Å². The molecule has 5 amide bonds. The van der Waals surface area contributed by atoms with Gasteiger partial charge in [0, 0.05) is 0 Å². The number of carbonyl (C=O) groups excluding carboxylic acids is 5. The predicted octanol–water partition coefficient (Wildman–Crippen LogP) is 21.2. The largest absolute Gasteiger partial charge is 0.391 e. The number of thioether (sulfide) groups is 5. The summed E-state index contributed by atoms with van der Waals surface area (Å²) < 4.78 is 74.7. The van der Waals surface area contributed by atoms with Crippen LogP contribution in [0.3, 0.4) is 0 Å². The van der Waals surface area contributed by atoms with Crippen LogP contribution in [0, 0.1) is 35.0 Å². The summed E-state index contributed by atoms with van der Waals surface area (Å²) in [5, 5.41) is 18.5. The molecule has 0 spiro atoms. The summed E-state index contributed by atoms with van der Waals surface area (Å²) in [5.74, 6) is -0.975. The Morgan fingerprint density at radius 3 is 0.956 bits per heavy atom. The Kier molecular flexibility index (Phi) is 29.5. The highest BCUT2D eigenvalue weighted by atomic mass is 32.2. The molecule has 16 aliphatic rings. The third kappa shape index (κ3) is 21.9. The zero-order valence-electron chi connectivity index (χ0n) is 68.7. The van der Waals surface area contributed by atoms with Gasteiger partial charge in [-0.15, -0.1) is 0 Å². The molecule has 626 valence electrons. The quantitative estimate of drug-likeness (QED) is 0.0705. The third-order valence-electron chi connectivity index (χ3n) is 27.3. The van der Waals surface area contributed by atoms with E-state index in [0.29, 0.717) is 70.0 Å². The summed E-state index contributed by atoms with van der Waals surface area (Å²) in [6.07, 6.45) is 24.9. The molecule has 6 bridgehead atoms. The summed E-state index contributed by atoms with van der Waals surface area (Å²) in [6.45, 7) is 22.8. The van der Waals surface area contributed by atoms with Gasteiger partial charge >= 0.3 is 12.4 Å². The van der Waals surface area contributed by atoms with Crippen LogP contribution in [-0.4, -0.2) is 122 Å². The molecule has 2 aromatic rings. The smallest absolute Gasteiger partial charge is 0.304 e. The van der Waals surface area contributed by atoms with Crippen molar-refractivity contribution in [2.45, 2.75) is 372 Å². The highest BCUT2D eigenvalue weighted by molar-refractivity contribution is 8.17. The molecule has 18 rings (SSSR count). The van der Waals surface area contributed by atoms with E-state index in [-0.39, 0.29) is 99.7 Å². The van der Waals surface area contributed by atoms with Crippen LogP contribution in [0.2, 0.25) is 0 Å². The van der Waals surface area contributed by atoms with Crippen molar-refractivity contribution in [1.29, 1.82) is 0 Å². The molecule has 2 aromatic carbocycles. The van der Waals surface area contributed by atoms with Gasteiger partial charge in [-0.25, -0.2) is 0 Å². The molecule has 113 heavy (non-hydrogen) atoms. The predicted molar refractivity (Wildman–Crippen MR) is 456 cm³/mol. The minimum atomic E-state index is -4.09. The van der Waals surface area contributed by atoms with Crippen molar-refractivity contribution in [2.75, 3.05) is 0 Å². The summed E-state index contributed by atoms with van der Waals surface area (Å²) in [5.41, 5.74) is 4.66. The SMILES string of the molecule is CC(C)[C@@H]1SC(=NC23CCC(c4ccccc4)(CC2)CC3)NC1=O.CC(C)[C@H]1SC(=NC23CCC(c4ccccc4)(CC2)CC3)NC1=O.CCCCCC12CCC(N=C3NC(=O)[C@@H](C(C)C)S3)(CC1)CC2.CCC[C@@]1(C)SC(=NC2CCC(C(F)(F)F)CC2)NC1=O.CCC[C@]1(C)SC(=NC2CCC(C(F)(F)F)CC2)NC1=O. The number of nitrogens with zero attached hydrogens (tertiary/aromatic N) is 5. The monoisotopic (exact) mass is 1660 g/mol. The van der Waals surface area contributed by atoms with E-state index in [1.165, 1.54) is 137 Å². The van der Waals surface area contributed by atoms with Crippen molar-refractivity contribution in [1.82, 2.24) is 26.6 Å². The van der Waals surface area contributed by atoms with Crippen LogP contribution in [0.15, 0.2) is 85.6 Å². The van der Waals surface area contributed by atoms with Crippen LogP contribution in [0.25, 0.3) is 0 Å². The molecule has 0 aromatic heterocycles. The summed E-state index contributed by atoms with van der Waals surface area (Å²) >= 11 is 7.76. The molecule has 5 heterocycles. The van der Waals surface area contributed by atoms with Crippen molar-refractivity contribution in [3.63, 3.8) is 0 Å². The Hall–Kier alpha value is -4.53. The number of nitrogens with one attached hydrogen (secondary N) is 5. The minimum Gasteiger partial charge on any atom is -0.304 e. The van der Waals surface area contributed by atoms with Crippen molar-refractivity contribution in [3.8, 4) is 0 Å². The molecule has 11 aliphatic carbocycles. The zero-order chi connectivity index (χ0) is 81.4. The van der Waals surface area contributed by atoms with Crippen LogP contribution in [-0.2, 0) is 34.8 Å². The van der Waals surface area contributed by atoms with Gasteiger partial charge in [0.15, 0.2) is 25.8 Å². The van der Waals surface area contributed by atoms with E-state index in [9.17, 15) is 50.3 Å². The van der Waals surface area contributed by atoms with Gasteiger partial charge in [0.1, 0.15) is 0 Å². The lowest BCUT2D eigenvalue weighted by Crippen LogP contribution is -2.47. The fourth-order valence-electron chi connectivity index (χ4n) is 19.7. The Labute approximate surface area is 689 Å². The number of halogens is 6. The van der Waals surface area contributed by atoms with Gasteiger partial charge < -0.3 is 26.6 Å². The van der Waals surface area contributed by atoms with E-state index in [0.717, 1.165) is 79.7 Å². The maximum atomic E-state index is 12.6. The Morgan fingerprint density at radius 2 is 0.690 bits per heavy atom. The molecule has 5 aliphatic heterocycles. The number of aliphatic imine (C=N–C) groups is 5. The average Bonchev–Trinajstić information content (AvgIpc) is 1.57. The van der Waals surface area contributed by atoms with E-state index in [4.69, 9.17) is 15.0 Å². The van der Waals surface area contributed by atoms with Crippen LogP contribution in [0.1, 0.15) is 306 Å². The fraction of sp³-hybridized carbons (Fsp3) is 0.747. The second-order valence-electron chi connectivity index (χ2n) is 36.5. The first-order valence-electron chi connectivity index (χ1n) is 42.6. The van der Waals surface area contributed by atoms with Crippen LogP contribution < -0.4 is 26.6 Å². The number of benzene rings is 2. The van der Waals surface area contributed by atoms with Gasteiger partial charge in [-0.2, -0.15) is 26.3 Å². The summed E-state index contributed by atoms with van der Waals surface area (Å²) in [4.78, 5) is 84.3. The second-order valence-corrected chi connectivity index (χ2v) is 42.9. The lowest BCUT2D eigenvalue weighted by atomic mass is 9.55. The molecule has 0 unspecified atom stereocenters. The Bertz CT molecular complexity index is 3530. The van der Waals surface area contributed by atoms with Gasteiger partial charge in [-0.05, 0) is 245 Å². The number of alkyl halides is 6. The average molecular weight is 1670 g/mol. The number of hydrogen-bond acceptors (Lipinski definition) is 15. The second kappa shape index (κ2) is 37.4. The number of amidine groups is 5. The van der Waals surface area contributed by atoms with Crippen molar-refractivity contribution in [3.05, 3.63) is 71.8 Å². The maximum Gasteiger partial charge on any atom is 0.391 e. The molecule has 15 nitrogen and oxygen atoms in total. The molecule has 0 radical (unpaired) electrons. The summed E-state index contributed by atoms with van der Waals surface area (Å²) in [6, 6.07) is 21.8.